The van der Waals surface area contributed by atoms with Gasteiger partial charge in [0.25, 0.3) is 0 Å². The molecule has 2 rings (SSSR count). The molecule has 1 aliphatic rings. The number of carbonyl (C=O) groups excluding carboxylic acids is 1. The highest BCUT2D eigenvalue weighted by Crippen LogP contribution is 2.36. The van der Waals surface area contributed by atoms with E-state index >= 15 is 0 Å². The second-order valence-electron chi connectivity index (χ2n) is 3.85. The van der Waals surface area contributed by atoms with Crippen LogP contribution >= 0.6 is 0 Å². The Morgan fingerprint density at radius 2 is 2.00 bits per heavy atom. The zero-order valence-electron chi connectivity index (χ0n) is 7.99. The normalized spacial score (nSPS) is 17.9. The summed E-state index contributed by atoms with van der Waals surface area (Å²) in [5.74, 6) is 0.0403. The molecule has 3 heteroatoms. The molecular formula is C11H14N2O. The van der Waals surface area contributed by atoms with Crippen molar-refractivity contribution in [1.82, 2.24) is 0 Å². The summed E-state index contributed by atoms with van der Waals surface area (Å²) in [5.41, 5.74) is 12.4. The molecule has 0 radical (unpaired) electrons. The molecule has 14 heavy (non-hydrogen) atoms. The largest absolute Gasteiger partial charge is 0.326 e. The van der Waals surface area contributed by atoms with Crippen molar-refractivity contribution in [1.29, 1.82) is 0 Å². The third-order valence-corrected chi connectivity index (χ3v) is 2.72. The minimum atomic E-state index is -0.592. The van der Waals surface area contributed by atoms with Gasteiger partial charge >= 0.3 is 0 Å². The summed E-state index contributed by atoms with van der Waals surface area (Å²) >= 11 is 0. The fraction of sp³-hybridized carbons (Fsp3) is 0.364. The van der Waals surface area contributed by atoms with Crippen molar-refractivity contribution >= 4 is 5.78 Å². The lowest BCUT2D eigenvalue weighted by Crippen LogP contribution is -2.33. The lowest BCUT2D eigenvalue weighted by molar-refractivity contribution is 0.0948. The summed E-state index contributed by atoms with van der Waals surface area (Å²) in [6, 6.07) is 7.41. The van der Waals surface area contributed by atoms with Crippen LogP contribution in [0.1, 0.15) is 28.8 Å². The Morgan fingerprint density at radius 1 is 1.36 bits per heavy atom. The molecule has 1 aliphatic carbocycles. The van der Waals surface area contributed by atoms with Gasteiger partial charge in [-0.25, -0.2) is 0 Å². The summed E-state index contributed by atoms with van der Waals surface area (Å²) in [6.07, 6.45) is 1.59. The van der Waals surface area contributed by atoms with Gasteiger partial charge in [0.15, 0.2) is 5.78 Å². The van der Waals surface area contributed by atoms with Gasteiger partial charge in [-0.05, 0) is 18.4 Å². The lowest BCUT2D eigenvalue weighted by Gasteiger charge is -2.10. The Bertz CT molecular complexity index is 369. The monoisotopic (exact) mass is 190 g/mol. The zero-order valence-corrected chi connectivity index (χ0v) is 7.99. The maximum absolute atomic E-state index is 11.9. The molecule has 3 nitrogen and oxygen atoms in total. The zero-order chi connectivity index (χ0) is 10.2. The van der Waals surface area contributed by atoms with E-state index in [-0.39, 0.29) is 5.78 Å². The molecule has 1 saturated carbocycles. The summed E-state index contributed by atoms with van der Waals surface area (Å²) in [6.45, 7) is 0.387. The first-order chi connectivity index (χ1) is 6.67. The van der Waals surface area contributed by atoms with E-state index in [0.29, 0.717) is 12.1 Å². The third-order valence-electron chi connectivity index (χ3n) is 2.72. The van der Waals surface area contributed by atoms with Crippen molar-refractivity contribution in [3.8, 4) is 0 Å². The summed E-state index contributed by atoms with van der Waals surface area (Å²) in [5, 5.41) is 0. The number of carbonyl (C=O) groups is 1. The van der Waals surface area contributed by atoms with E-state index < -0.39 is 5.54 Å². The molecule has 1 aromatic carbocycles. The minimum absolute atomic E-state index is 0.0403. The number of hydrogen-bond acceptors (Lipinski definition) is 3. The van der Waals surface area contributed by atoms with Crippen LogP contribution in [0, 0.1) is 0 Å². The summed E-state index contributed by atoms with van der Waals surface area (Å²) < 4.78 is 0. The molecule has 74 valence electrons. The lowest BCUT2D eigenvalue weighted by atomic mass is 9.98. The first-order valence-electron chi connectivity index (χ1n) is 4.79. The first kappa shape index (κ1) is 9.37. The Morgan fingerprint density at radius 3 is 2.57 bits per heavy atom. The van der Waals surface area contributed by atoms with Crippen molar-refractivity contribution in [3.63, 3.8) is 0 Å². The highest BCUT2D eigenvalue weighted by Gasteiger charge is 2.46. The van der Waals surface area contributed by atoms with Crippen LogP contribution in [-0.4, -0.2) is 11.3 Å². The van der Waals surface area contributed by atoms with Crippen LogP contribution in [0.4, 0.5) is 0 Å². The fourth-order valence-corrected chi connectivity index (χ4v) is 1.55. The molecular weight excluding hydrogens is 176 g/mol. The van der Waals surface area contributed by atoms with Crippen molar-refractivity contribution < 1.29 is 4.79 Å². The van der Waals surface area contributed by atoms with E-state index in [2.05, 4.69) is 0 Å². The molecule has 0 amide bonds. The molecule has 0 atom stereocenters. The van der Waals surface area contributed by atoms with Gasteiger partial charge in [0.1, 0.15) is 0 Å². The predicted octanol–water partition coefficient (Wildman–Crippen LogP) is 0.819. The molecule has 0 heterocycles. The van der Waals surface area contributed by atoms with Gasteiger partial charge in [-0.15, -0.1) is 0 Å². The molecule has 0 saturated heterocycles. The Hall–Kier alpha value is -1.19. The Balaban J connectivity index is 2.35. The van der Waals surface area contributed by atoms with E-state index in [0.717, 1.165) is 18.4 Å². The number of ketones is 1. The van der Waals surface area contributed by atoms with Gasteiger partial charge in [-0.1, -0.05) is 24.3 Å². The van der Waals surface area contributed by atoms with Crippen molar-refractivity contribution in [2.24, 2.45) is 11.5 Å². The van der Waals surface area contributed by atoms with E-state index in [1.54, 1.807) is 6.07 Å². The number of hydrogen-bond donors (Lipinski definition) is 2. The van der Waals surface area contributed by atoms with Gasteiger partial charge in [-0.3, -0.25) is 4.79 Å². The van der Waals surface area contributed by atoms with E-state index in [9.17, 15) is 4.79 Å². The Kier molecular flexibility index (Phi) is 2.13. The average molecular weight is 190 g/mol. The quantitative estimate of drug-likeness (QED) is 0.693. The molecule has 0 spiro atoms. The molecule has 0 aromatic heterocycles. The second-order valence-corrected chi connectivity index (χ2v) is 3.85. The highest BCUT2D eigenvalue weighted by molar-refractivity contribution is 6.06. The SMILES string of the molecule is NCc1ccccc1C(=O)C1(N)CC1. The minimum Gasteiger partial charge on any atom is -0.326 e. The molecule has 1 fully saturated rings. The van der Waals surface area contributed by atoms with Crippen molar-refractivity contribution in [2.45, 2.75) is 24.9 Å². The predicted molar refractivity (Wildman–Crippen MR) is 54.8 cm³/mol. The van der Waals surface area contributed by atoms with E-state index in [4.69, 9.17) is 11.5 Å². The van der Waals surface area contributed by atoms with E-state index in [1.807, 2.05) is 18.2 Å². The van der Waals surface area contributed by atoms with Crippen LogP contribution in [0.3, 0.4) is 0 Å². The molecule has 1 aromatic rings. The molecule has 4 N–H and O–H groups in total. The van der Waals surface area contributed by atoms with Gasteiger partial charge in [0, 0.05) is 12.1 Å². The molecule has 0 aliphatic heterocycles. The highest BCUT2D eigenvalue weighted by atomic mass is 16.1. The van der Waals surface area contributed by atoms with Crippen LogP contribution < -0.4 is 11.5 Å². The smallest absolute Gasteiger partial charge is 0.182 e. The molecule has 0 bridgehead atoms. The number of Topliss-reactive ketones (excluding diaryl/α,β-unsaturated/α-hetero) is 1. The third kappa shape index (κ3) is 1.45. The van der Waals surface area contributed by atoms with Crippen LogP contribution in [0.25, 0.3) is 0 Å². The maximum Gasteiger partial charge on any atom is 0.182 e. The van der Waals surface area contributed by atoms with Crippen LogP contribution in [0.15, 0.2) is 24.3 Å². The van der Waals surface area contributed by atoms with Crippen molar-refractivity contribution in [3.05, 3.63) is 35.4 Å². The van der Waals surface area contributed by atoms with E-state index in [1.165, 1.54) is 0 Å². The molecule has 0 unspecified atom stereocenters. The van der Waals surface area contributed by atoms with Crippen LogP contribution in [0.2, 0.25) is 0 Å². The summed E-state index contributed by atoms with van der Waals surface area (Å²) in [7, 11) is 0. The van der Waals surface area contributed by atoms with Crippen LogP contribution in [0.5, 0.6) is 0 Å². The number of nitrogens with two attached hydrogens (primary N) is 2. The second kappa shape index (κ2) is 3.19. The van der Waals surface area contributed by atoms with Gasteiger partial charge in [0.05, 0.1) is 5.54 Å². The number of rotatable bonds is 3. The maximum atomic E-state index is 11.9. The Labute approximate surface area is 83.1 Å². The van der Waals surface area contributed by atoms with Gasteiger partial charge in [-0.2, -0.15) is 0 Å². The number of benzene rings is 1. The van der Waals surface area contributed by atoms with Gasteiger partial charge < -0.3 is 11.5 Å². The first-order valence-corrected chi connectivity index (χ1v) is 4.79. The topological polar surface area (TPSA) is 69.1 Å². The fourth-order valence-electron chi connectivity index (χ4n) is 1.55. The van der Waals surface area contributed by atoms with Crippen LogP contribution in [-0.2, 0) is 6.54 Å². The van der Waals surface area contributed by atoms with Crippen molar-refractivity contribution in [2.75, 3.05) is 0 Å². The summed E-state index contributed by atoms with van der Waals surface area (Å²) in [4.78, 5) is 11.9. The van der Waals surface area contributed by atoms with Gasteiger partial charge in [0.2, 0.25) is 0 Å². The average Bonchev–Trinajstić information content (AvgIpc) is 2.97. The standard InChI is InChI=1S/C11H14N2O/c12-7-8-3-1-2-4-9(8)10(14)11(13)5-6-11/h1-4H,5-7,12-13H2.